The monoisotopic (exact) mass is 466 g/mol. The van der Waals surface area contributed by atoms with Crippen LogP contribution in [0.4, 0.5) is 11.4 Å². The molecule has 0 atom stereocenters. The van der Waals surface area contributed by atoms with Gasteiger partial charge < -0.3 is 34.3 Å². The van der Waals surface area contributed by atoms with Crippen LogP contribution in [0.2, 0.25) is 0 Å². The van der Waals surface area contributed by atoms with E-state index in [4.69, 9.17) is 23.7 Å². The Hall–Kier alpha value is -4.40. The van der Waals surface area contributed by atoms with Gasteiger partial charge in [-0.1, -0.05) is 0 Å². The van der Waals surface area contributed by atoms with Crippen LogP contribution in [0.15, 0.2) is 60.7 Å². The fourth-order valence-corrected chi connectivity index (χ4v) is 3.05. The van der Waals surface area contributed by atoms with Crippen molar-refractivity contribution in [1.29, 1.82) is 0 Å². The zero-order chi connectivity index (χ0) is 24.5. The highest BCUT2D eigenvalue weighted by atomic mass is 16.5. The smallest absolute Gasteiger partial charge is 0.262 e. The number of amides is 2. The maximum atomic E-state index is 12.8. The van der Waals surface area contributed by atoms with Gasteiger partial charge in [0.25, 0.3) is 11.8 Å². The first-order valence-corrected chi connectivity index (χ1v) is 10.3. The highest BCUT2D eigenvalue weighted by Gasteiger charge is 2.15. The molecule has 0 saturated heterocycles. The van der Waals surface area contributed by atoms with Gasteiger partial charge in [0.05, 0.1) is 34.1 Å². The molecule has 3 aromatic rings. The lowest BCUT2D eigenvalue weighted by Crippen LogP contribution is -2.20. The minimum atomic E-state index is -0.381. The minimum Gasteiger partial charge on any atom is -0.497 e. The number of carbonyl (C=O) groups is 2. The van der Waals surface area contributed by atoms with Gasteiger partial charge in [-0.25, -0.2) is 0 Å². The van der Waals surface area contributed by atoms with Crippen molar-refractivity contribution >= 4 is 23.2 Å². The standard InChI is InChI=1S/C25H26N2O7/c1-30-18-8-6-17(7-9-18)26-24(28)15-34-22-11-5-16(13-23(22)33-4)25(29)27-20-14-19(31-2)10-12-21(20)32-3/h5-14H,15H2,1-4H3,(H,26,28)(H,27,29). The van der Waals surface area contributed by atoms with Crippen LogP contribution < -0.4 is 34.3 Å². The maximum absolute atomic E-state index is 12.8. The first-order chi connectivity index (χ1) is 16.5. The van der Waals surface area contributed by atoms with E-state index >= 15 is 0 Å². The third-order valence-electron chi connectivity index (χ3n) is 4.81. The van der Waals surface area contributed by atoms with Crippen molar-refractivity contribution in [2.45, 2.75) is 0 Å². The fourth-order valence-electron chi connectivity index (χ4n) is 3.05. The average molecular weight is 466 g/mol. The summed E-state index contributed by atoms with van der Waals surface area (Å²) in [5.74, 6) is 1.65. The second-order valence-electron chi connectivity index (χ2n) is 6.95. The van der Waals surface area contributed by atoms with Gasteiger partial charge in [0, 0.05) is 17.3 Å². The second-order valence-corrected chi connectivity index (χ2v) is 6.95. The third-order valence-corrected chi connectivity index (χ3v) is 4.81. The normalized spacial score (nSPS) is 10.1. The van der Waals surface area contributed by atoms with E-state index in [1.165, 1.54) is 27.4 Å². The molecule has 2 amide bonds. The predicted molar refractivity (Wildman–Crippen MR) is 128 cm³/mol. The number of hydrogen-bond donors (Lipinski definition) is 2. The van der Waals surface area contributed by atoms with Crippen molar-refractivity contribution in [3.63, 3.8) is 0 Å². The predicted octanol–water partition coefficient (Wildman–Crippen LogP) is 3.99. The number of rotatable bonds is 10. The van der Waals surface area contributed by atoms with Gasteiger partial charge in [-0.2, -0.15) is 0 Å². The number of ether oxygens (including phenoxy) is 5. The molecule has 0 aliphatic rings. The summed E-state index contributed by atoms with van der Waals surface area (Å²) < 4.78 is 26.5. The molecule has 2 N–H and O–H groups in total. The summed E-state index contributed by atoms with van der Waals surface area (Å²) in [6.07, 6.45) is 0. The van der Waals surface area contributed by atoms with Crippen LogP contribution in [0.5, 0.6) is 28.7 Å². The van der Waals surface area contributed by atoms with Gasteiger partial charge in [-0.3, -0.25) is 9.59 Å². The Balaban J connectivity index is 1.65. The number of nitrogens with one attached hydrogen (secondary N) is 2. The zero-order valence-electron chi connectivity index (χ0n) is 19.3. The van der Waals surface area contributed by atoms with Crippen LogP contribution in [0.25, 0.3) is 0 Å². The van der Waals surface area contributed by atoms with Crippen LogP contribution in [0.1, 0.15) is 10.4 Å². The Kier molecular flexibility index (Phi) is 8.17. The largest absolute Gasteiger partial charge is 0.497 e. The Bertz CT molecular complexity index is 1150. The molecule has 9 heteroatoms. The molecule has 0 bridgehead atoms. The number of anilines is 2. The van der Waals surface area contributed by atoms with Gasteiger partial charge in [-0.05, 0) is 54.6 Å². The lowest BCUT2D eigenvalue weighted by molar-refractivity contribution is -0.118. The second kappa shape index (κ2) is 11.5. The van der Waals surface area contributed by atoms with Crippen LogP contribution >= 0.6 is 0 Å². The molecule has 0 heterocycles. The molecule has 0 aliphatic carbocycles. The van der Waals surface area contributed by atoms with Crippen molar-refractivity contribution in [3.05, 3.63) is 66.2 Å². The first kappa shape index (κ1) is 24.2. The molecule has 0 unspecified atom stereocenters. The van der Waals surface area contributed by atoms with Crippen LogP contribution in [0.3, 0.4) is 0 Å². The summed E-state index contributed by atoms with van der Waals surface area (Å²) in [6.45, 7) is -0.241. The van der Waals surface area contributed by atoms with E-state index in [-0.39, 0.29) is 18.4 Å². The highest BCUT2D eigenvalue weighted by Crippen LogP contribution is 2.31. The molecule has 0 fully saturated rings. The van der Waals surface area contributed by atoms with E-state index in [9.17, 15) is 9.59 Å². The van der Waals surface area contributed by atoms with E-state index in [0.29, 0.717) is 45.7 Å². The minimum absolute atomic E-state index is 0.241. The fraction of sp³-hybridized carbons (Fsp3) is 0.200. The van der Waals surface area contributed by atoms with E-state index in [2.05, 4.69) is 10.6 Å². The van der Waals surface area contributed by atoms with Crippen molar-refractivity contribution in [1.82, 2.24) is 0 Å². The summed E-state index contributed by atoms with van der Waals surface area (Å²) in [7, 11) is 6.07. The molecule has 3 rings (SSSR count). The molecule has 9 nitrogen and oxygen atoms in total. The van der Waals surface area contributed by atoms with Gasteiger partial charge >= 0.3 is 0 Å². The zero-order valence-corrected chi connectivity index (χ0v) is 19.3. The highest BCUT2D eigenvalue weighted by molar-refractivity contribution is 6.05. The molecule has 3 aromatic carbocycles. The summed E-state index contributed by atoms with van der Waals surface area (Å²) in [4.78, 5) is 25.0. The molecule has 0 saturated carbocycles. The van der Waals surface area contributed by atoms with E-state index in [1.807, 2.05) is 0 Å². The molecular formula is C25H26N2O7. The van der Waals surface area contributed by atoms with Crippen molar-refractivity contribution < 1.29 is 33.3 Å². The lowest BCUT2D eigenvalue weighted by Gasteiger charge is -2.14. The van der Waals surface area contributed by atoms with Gasteiger partial charge in [0.2, 0.25) is 0 Å². The van der Waals surface area contributed by atoms with Crippen LogP contribution in [-0.4, -0.2) is 46.9 Å². The molecule has 34 heavy (non-hydrogen) atoms. The van der Waals surface area contributed by atoms with Gasteiger partial charge in [0.1, 0.15) is 17.2 Å². The van der Waals surface area contributed by atoms with Crippen molar-refractivity contribution in [2.75, 3.05) is 45.7 Å². The maximum Gasteiger partial charge on any atom is 0.262 e. The number of hydrogen-bond acceptors (Lipinski definition) is 7. The summed E-state index contributed by atoms with van der Waals surface area (Å²) in [5, 5.41) is 5.53. The van der Waals surface area contributed by atoms with E-state index in [1.54, 1.807) is 61.7 Å². The Morgan fingerprint density at radius 1 is 0.676 bits per heavy atom. The Labute approximate surface area is 197 Å². The number of carbonyl (C=O) groups excluding carboxylic acids is 2. The molecule has 0 radical (unpaired) electrons. The SMILES string of the molecule is COc1ccc(NC(=O)COc2ccc(C(=O)Nc3cc(OC)ccc3OC)cc2OC)cc1. The Morgan fingerprint density at radius 3 is 1.97 bits per heavy atom. The third kappa shape index (κ3) is 6.10. The van der Waals surface area contributed by atoms with Gasteiger partial charge in [-0.15, -0.1) is 0 Å². The quantitative estimate of drug-likeness (QED) is 0.466. The summed E-state index contributed by atoms with van der Waals surface area (Å²) >= 11 is 0. The van der Waals surface area contributed by atoms with E-state index in [0.717, 1.165) is 0 Å². The summed E-state index contributed by atoms with van der Waals surface area (Å²) in [5.41, 5.74) is 1.40. The van der Waals surface area contributed by atoms with Crippen LogP contribution in [0, 0.1) is 0 Å². The molecule has 0 spiro atoms. The molecule has 178 valence electrons. The molecule has 0 aliphatic heterocycles. The number of methoxy groups -OCH3 is 4. The van der Waals surface area contributed by atoms with Crippen LogP contribution in [-0.2, 0) is 4.79 Å². The molecular weight excluding hydrogens is 440 g/mol. The van der Waals surface area contributed by atoms with Gasteiger partial charge in [0.15, 0.2) is 18.1 Å². The first-order valence-electron chi connectivity index (χ1n) is 10.3. The van der Waals surface area contributed by atoms with Crippen molar-refractivity contribution in [2.24, 2.45) is 0 Å². The Morgan fingerprint density at radius 2 is 1.32 bits per heavy atom. The van der Waals surface area contributed by atoms with E-state index < -0.39 is 0 Å². The average Bonchev–Trinajstić information content (AvgIpc) is 2.87. The van der Waals surface area contributed by atoms with Crippen molar-refractivity contribution in [3.8, 4) is 28.7 Å². The summed E-state index contributed by atoms with van der Waals surface area (Å²) in [6, 6.07) is 16.7. The number of benzene rings is 3. The molecule has 0 aromatic heterocycles. The lowest BCUT2D eigenvalue weighted by atomic mass is 10.1. The topological polar surface area (TPSA) is 104 Å².